The van der Waals surface area contributed by atoms with Gasteiger partial charge in [0.2, 0.25) is 0 Å². The molecule has 2 atom stereocenters. The van der Waals surface area contributed by atoms with Gasteiger partial charge >= 0.3 is 5.97 Å². The van der Waals surface area contributed by atoms with Crippen LogP contribution in [0, 0.1) is 0 Å². The Hall–Kier alpha value is -0.390. The molecule has 1 aliphatic rings. The zero-order chi connectivity index (χ0) is 9.42. The first-order valence-corrected chi connectivity index (χ1v) is 5.49. The minimum atomic E-state index is -0.453. The highest BCUT2D eigenvalue weighted by Crippen LogP contribution is 2.35. The molecule has 5 heteroatoms. The van der Waals surface area contributed by atoms with Gasteiger partial charge in [0.1, 0.15) is 12.1 Å². The van der Waals surface area contributed by atoms with Gasteiger partial charge < -0.3 is 10.5 Å². The molecule has 1 aliphatic heterocycles. The van der Waals surface area contributed by atoms with E-state index in [0.717, 1.165) is 8.66 Å². The van der Waals surface area contributed by atoms with E-state index in [-0.39, 0.29) is 12.1 Å². The van der Waals surface area contributed by atoms with Crippen LogP contribution in [0.1, 0.15) is 17.4 Å². The molecular weight excluding hydrogens is 254 g/mol. The maximum atomic E-state index is 11.0. The van der Waals surface area contributed by atoms with Crippen LogP contribution in [0.3, 0.4) is 0 Å². The van der Waals surface area contributed by atoms with Crippen molar-refractivity contribution < 1.29 is 9.53 Å². The Morgan fingerprint density at radius 2 is 2.38 bits per heavy atom. The molecule has 0 amide bonds. The van der Waals surface area contributed by atoms with Gasteiger partial charge in [-0.25, -0.2) is 0 Å². The fourth-order valence-electron chi connectivity index (χ4n) is 1.28. The summed E-state index contributed by atoms with van der Waals surface area (Å²) in [7, 11) is 0. The van der Waals surface area contributed by atoms with Crippen LogP contribution in [-0.4, -0.2) is 12.0 Å². The van der Waals surface area contributed by atoms with E-state index in [0.29, 0.717) is 6.42 Å². The number of halogens is 1. The van der Waals surface area contributed by atoms with Crippen LogP contribution >= 0.6 is 27.3 Å². The van der Waals surface area contributed by atoms with Crippen molar-refractivity contribution in [2.45, 2.75) is 18.6 Å². The molecule has 0 aromatic carbocycles. The predicted molar refractivity (Wildman–Crippen MR) is 53.4 cm³/mol. The molecule has 13 heavy (non-hydrogen) atoms. The summed E-state index contributed by atoms with van der Waals surface area (Å²) in [5.74, 6) is -0.297. The van der Waals surface area contributed by atoms with Crippen LogP contribution in [0.5, 0.6) is 0 Å². The van der Waals surface area contributed by atoms with Crippen molar-refractivity contribution in [2.75, 3.05) is 0 Å². The van der Waals surface area contributed by atoms with Gasteiger partial charge in [0.25, 0.3) is 0 Å². The molecule has 0 aliphatic carbocycles. The molecule has 70 valence electrons. The lowest BCUT2D eigenvalue weighted by atomic mass is 10.1. The maximum Gasteiger partial charge on any atom is 0.323 e. The van der Waals surface area contributed by atoms with Crippen molar-refractivity contribution in [1.82, 2.24) is 0 Å². The first-order chi connectivity index (χ1) is 6.16. The van der Waals surface area contributed by atoms with E-state index >= 15 is 0 Å². The average Bonchev–Trinajstić information content (AvgIpc) is 2.61. The molecule has 1 aromatic rings. The van der Waals surface area contributed by atoms with Crippen LogP contribution in [-0.2, 0) is 9.53 Å². The van der Waals surface area contributed by atoms with Crippen molar-refractivity contribution in [1.29, 1.82) is 0 Å². The summed E-state index contributed by atoms with van der Waals surface area (Å²) < 4.78 is 6.14. The lowest BCUT2D eigenvalue weighted by Gasteiger charge is -2.04. The van der Waals surface area contributed by atoms with Gasteiger partial charge in [0.15, 0.2) is 0 Å². The molecule has 2 rings (SSSR count). The summed E-state index contributed by atoms with van der Waals surface area (Å²) in [6, 6.07) is 3.44. The zero-order valence-corrected chi connectivity index (χ0v) is 9.10. The van der Waals surface area contributed by atoms with Crippen LogP contribution in [0.4, 0.5) is 0 Å². The number of rotatable bonds is 1. The Kier molecular flexibility index (Phi) is 2.40. The minimum absolute atomic E-state index is 0.140. The van der Waals surface area contributed by atoms with E-state index in [1.165, 1.54) is 0 Å². The largest absolute Gasteiger partial charge is 0.455 e. The Balaban J connectivity index is 2.16. The van der Waals surface area contributed by atoms with Crippen molar-refractivity contribution in [3.8, 4) is 0 Å². The third kappa shape index (κ3) is 1.77. The standard InChI is InChI=1S/C8H8BrNO2S/c9-7-2-1-6(13-7)5-3-4(10)8(11)12-5/h1-2,4-5H,3,10H2. The first-order valence-electron chi connectivity index (χ1n) is 3.88. The van der Waals surface area contributed by atoms with Gasteiger partial charge in [0.05, 0.1) is 3.79 Å². The summed E-state index contributed by atoms with van der Waals surface area (Å²) in [4.78, 5) is 12.1. The molecule has 2 N–H and O–H groups in total. The SMILES string of the molecule is NC1CC(c2ccc(Br)s2)OC1=O. The summed E-state index contributed by atoms with van der Waals surface area (Å²) in [6.45, 7) is 0. The number of carbonyl (C=O) groups is 1. The third-order valence-corrected chi connectivity index (χ3v) is 3.66. The van der Waals surface area contributed by atoms with Crippen LogP contribution in [0.2, 0.25) is 0 Å². The van der Waals surface area contributed by atoms with Crippen molar-refractivity contribution in [2.24, 2.45) is 5.73 Å². The van der Waals surface area contributed by atoms with Crippen molar-refractivity contribution in [3.63, 3.8) is 0 Å². The highest BCUT2D eigenvalue weighted by Gasteiger charge is 2.33. The van der Waals surface area contributed by atoms with Gasteiger partial charge in [-0.2, -0.15) is 0 Å². The van der Waals surface area contributed by atoms with Gasteiger partial charge in [0, 0.05) is 11.3 Å². The normalized spacial score (nSPS) is 27.7. The predicted octanol–water partition coefficient (Wildman–Crippen LogP) is 1.83. The molecule has 1 saturated heterocycles. The molecule has 0 spiro atoms. The summed E-state index contributed by atoms with van der Waals surface area (Å²) in [5.41, 5.74) is 5.53. The van der Waals surface area contributed by atoms with Crippen LogP contribution in [0.15, 0.2) is 15.9 Å². The smallest absolute Gasteiger partial charge is 0.323 e. The Bertz CT molecular complexity index is 339. The van der Waals surface area contributed by atoms with E-state index < -0.39 is 6.04 Å². The average molecular weight is 262 g/mol. The van der Waals surface area contributed by atoms with Crippen molar-refractivity contribution >= 4 is 33.2 Å². The lowest BCUT2D eigenvalue weighted by molar-refractivity contribution is -0.142. The quantitative estimate of drug-likeness (QED) is 0.785. The second kappa shape index (κ2) is 3.40. The lowest BCUT2D eigenvalue weighted by Crippen LogP contribution is -2.24. The second-order valence-electron chi connectivity index (χ2n) is 2.91. The number of nitrogens with two attached hydrogens (primary N) is 1. The second-order valence-corrected chi connectivity index (χ2v) is 5.40. The van der Waals surface area contributed by atoms with E-state index in [1.807, 2.05) is 12.1 Å². The molecule has 3 nitrogen and oxygen atoms in total. The van der Waals surface area contributed by atoms with Crippen LogP contribution in [0.25, 0.3) is 0 Å². The zero-order valence-electron chi connectivity index (χ0n) is 6.70. The minimum Gasteiger partial charge on any atom is -0.455 e. The monoisotopic (exact) mass is 261 g/mol. The fraction of sp³-hybridized carbons (Fsp3) is 0.375. The number of ether oxygens (including phenoxy) is 1. The third-order valence-electron chi connectivity index (χ3n) is 1.94. The molecule has 2 heterocycles. The summed E-state index contributed by atoms with van der Waals surface area (Å²) in [6.07, 6.45) is 0.449. The Labute approximate surface area is 88.0 Å². The van der Waals surface area contributed by atoms with Gasteiger partial charge in [-0.15, -0.1) is 11.3 Å². The van der Waals surface area contributed by atoms with E-state index in [4.69, 9.17) is 10.5 Å². The van der Waals surface area contributed by atoms with E-state index in [9.17, 15) is 4.79 Å². The molecule has 0 radical (unpaired) electrons. The van der Waals surface area contributed by atoms with Crippen LogP contribution < -0.4 is 5.73 Å². The molecule has 0 saturated carbocycles. The number of thiophene rings is 1. The van der Waals surface area contributed by atoms with E-state index in [1.54, 1.807) is 11.3 Å². The number of cyclic esters (lactones) is 1. The highest BCUT2D eigenvalue weighted by molar-refractivity contribution is 9.11. The Morgan fingerprint density at radius 3 is 2.85 bits per heavy atom. The number of esters is 1. The van der Waals surface area contributed by atoms with Gasteiger partial charge in [-0.1, -0.05) is 0 Å². The van der Waals surface area contributed by atoms with E-state index in [2.05, 4.69) is 15.9 Å². The fourth-order valence-corrected chi connectivity index (χ4v) is 2.74. The van der Waals surface area contributed by atoms with Crippen molar-refractivity contribution in [3.05, 3.63) is 20.8 Å². The molecule has 2 unspecified atom stereocenters. The number of hydrogen-bond acceptors (Lipinski definition) is 4. The molecular formula is C8H8BrNO2S. The number of carbonyl (C=O) groups excluding carboxylic acids is 1. The topological polar surface area (TPSA) is 52.3 Å². The molecule has 0 bridgehead atoms. The van der Waals surface area contributed by atoms with Gasteiger partial charge in [-0.05, 0) is 28.1 Å². The Morgan fingerprint density at radius 1 is 1.62 bits per heavy atom. The number of hydrogen-bond donors (Lipinski definition) is 1. The first kappa shape index (κ1) is 9.18. The molecule has 1 aromatic heterocycles. The molecule has 1 fully saturated rings. The highest BCUT2D eigenvalue weighted by atomic mass is 79.9. The van der Waals surface area contributed by atoms with Gasteiger partial charge in [-0.3, -0.25) is 4.79 Å². The summed E-state index contributed by atoms with van der Waals surface area (Å²) >= 11 is 4.93. The summed E-state index contributed by atoms with van der Waals surface area (Å²) in [5, 5.41) is 0. The maximum absolute atomic E-state index is 11.0.